The Morgan fingerprint density at radius 2 is 2.00 bits per heavy atom. The van der Waals surface area contributed by atoms with Crippen molar-refractivity contribution in [3.05, 3.63) is 0 Å². The van der Waals surface area contributed by atoms with Gasteiger partial charge in [-0.1, -0.05) is 0 Å². The van der Waals surface area contributed by atoms with E-state index in [0.717, 1.165) is 18.9 Å². The molecular weight excluding hydrogens is 252 g/mol. The number of aliphatic hydroxyl groups excluding tert-OH is 1. The molecule has 0 amide bonds. The highest BCUT2D eigenvalue weighted by Crippen LogP contribution is 2.36. The number of esters is 1. The molecule has 0 bridgehead atoms. The summed E-state index contributed by atoms with van der Waals surface area (Å²) in [5.74, 6) is -2.06. The summed E-state index contributed by atoms with van der Waals surface area (Å²) in [7, 11) is 1.14. The number of carboxylic acids is 1. The van der Waals surface area contributed by atoms with Crippen molar-refractivity contribution >= 4 is 23.7 Å². The van der Waals surface area contributed by atoms with Gasteiger partial charge in [0.25, 0.3) is 4.99 Å². The van der Waals surface area contributed by atoms with Crippen LogP contribution in [0.5, 0.6) is 0 Å². The van der Waals surface area contributed by atoms with Gasteiger partial charge in [-0.05, 0) is 10.4 Å². The monoisotopic (exact) mass is 262 g/mol. The topological polar surface area (TPSA) is 133 Å². The lowest BCUT2D eigenvalue weighted by atomic mass is 10.3. The van der Waals surface area contributed by atoms with E-state index in [-0.39, 0.29) is 5.75 Å². The fourth-order valence-electron chi connectivity index (χ4n) is 0.993. The molecule has 1 heterocycles. The number of nitrogens with zero attached hydrogens (tertiary/aromatic N) is 4. The number of carbonyl (C=O) groups is 2. The first-order valence-electron chi connectivity index (χ1n) is 4.45. The van der Waals surface area contributed by atoms with Gasteiger partial charge in [-0.3, -0.25) is 4.79 Å². The Morgan fingerprint density at radius 3 is 2.47 bits per heavy atom. The van der Waals surface area contributed by atoms with Gasteiger partial charge in [-0.15, -0.1) is 22.0 Å². The van der Waals surface area contributed by atoms with E-state index in [2.05, 4.69) is 25.4 Å². The Bertz CT molecular complexity index is 359. The van der Waals surface area contributed by atoms with Crippen LogP contribution in [0.15, 0.2) is 20.7 Å². The van der Waals surface area contributed by atoms with Crippen LogP contribution in [0.3, 0.4) is 0 Å². The van der Waals surface area contributed by atoms with E-state index in [1.54, 1.807) is 0 Å². The predicted octanol–water partition coefficient (Wildman–Crippen LogP) is 0.215. The van der Waals surface area contributed by atoms with Crippen LogP contribution in [0.25, 0.3) is 0 Å². The number of aliphatic hydroxyl groups is 1. The van der Waals surface area contributed by atoms with E-state index < -0.39 is 29.5 Å². The standard InChI is InChI=1S/C7H10N4O5S/c1-16-6(15)4(12)3-17-7(2-5(13)14)8-10-11-9-7/h4,12H,2-3H2,1H3,(H,13,14). The van der Waals surface area contributed by atoms with Crippen molar-refractivity contribution in [1.29, 1.82) is 0 Å². The summed E-state index contributed by atoms with van der Waals surface area (Å²) in [5.41, 5.74) is 0. The molecule has 0 fully saturated rings. The zero-order chi connectivity index (χ0) is 12.9. The van der Waals surface area contributed by atoms with Crippen LogP contribution < -0.4 is 0 Å². The molecule has 0 spiro atoms. The maximum atomic E-state index is 10.9. The first-order valence-corrected chi connectivity index (χ1v) is 5.43. The van der Waals surface area contributed by atoms with Crippen LogP contribution in [-0.2, 0) is 14.3 Å². The first-order chi connectivity index (χ1) is 7.99. The summed E-state index contributed by atoms with van der Waals surface area (Å²) >= 11 is 0.859. The highest BCUT2D eigenvalue weighted by Gasteiger charge is 2.38. The molecule has 0 aromatic carbocycles. The van der Waals surface area contributed by atoms with Crippen molar-refractivity contribution in [2.24, 2.45) is 20.7 Å². The van der Waals surface area contributed by atoms with Crippen LogP contribution in [0.2, 0.25) is 0 Å². The van der Waals surface area contributed by atoms with Crippen LogP contribution in [0.1, 0.15) is 6.42 Å². The molecule has 1 aliphatic rings. The summed E-state index contributed by atoms with van der Waals surface area (Å²) in [4.78, 5) is 20.2. The zero-order valence-electron chi connectivity index (χ0n) is 8.81. The Labute approximate surface area is 99.9 Å². The molecule has 0 aromatic rings. The highest BCUT2D eigenvalue weighted by molar-refractivity contribution is 8.00. The smallest absolute Gasteiger partial charge is 0.335 e. The van der Waals surface area contributed by atoms with Gasteiger partial charge < -0.3 is 14.9 Å². The normalized spacial score (nSPS) is 18.0. The van der Waals surface area contributed by atoms with Gasteiger partial charge in [0, 0.05) is 5.75 Å². The minimum atomic E-state index is -1.40. The number of thioether (sulfide) groups is 1. The second-order valence-corrected chi connectivity index (χ2v) is 4.32. The van der Waals surface area contributed by atoms with E-state index in [1.165, 1.54) is 0 Å². The second kappa shape index (κ2) is 5.68. The molecule has 0 saturated heterocycles. The lowest BCUT2D eigenvalue weighted by Gasteiger charge is -2.17. The van der Waals surface area contributed by atoms with Crippen molar-refractivity contribution in [3.8, 4) is 0 Å². The molecule has 0 saturated carbocycles. The fraction of sp³-hybridized carbons (Fsp3) is 0.714. The van der Waals surface area contributed by atoms with Gasteiger partial charge in [0.05, 0.1) is 7.11 Å². The summed E-state index contributed by atoms with van der Waals surface area (Å²) in [5, 5.41) is 31.6. The number of methoxy groups -OCH3 is 1. The lowest BCUT2D eigenvalue weighted by molar-refractivity contribution is -0.149. The average molecular weight is 262 g/mol. The lowest BCUT2D eigenvalue weighted by Crippen LogP contribution is -2.29. The minimum Gasteiger partial charge on any atom is -0.481 e. The molecule has 1 rings (SSSR count). The van der Waals surface area contributed by atoms with Crippen molar-refractivity contribution in [2.75, 3.05) is 12.9 Å². The minimum absolute atomic E-state index is 0.113. The van der Waals surface area contributed by atoms with E-state index in [1.807, 2.05) is 0 Å². The Balaban J connectivity index is 2.57. The summed E-state index contributed by atoms with van der Waals surface area (Å²) < 4.78 is 4.31. The molecule has 1 unspecified atom stereocenters. The maximum Gasteiger partial charge on any atom is 0.335 e. The third kappa shape index (κ3) is 3.75. The van der Waals surface area contributed by atoms with E-state index >= 15 is 0 Å². The predicted molar refractivity (Wildman–Crippen MR) is 55.2 cm³/mol. The van der Waals surface area contributed by atoms with Crippen molar-refractivity contribution in [1.82, 2.24) is 0 Å². The number of carboxylic acid groups (broad SMARTS) is 1. The second-order valence-electron chi connectivity index (χ2n) is 3.04. The number of carbonyl (C=O) groups excluding carboxylic acids is 1. The number of rotatable bonds is 6. The van der Waals surface area contributed by atoms with Gasteiger partial charge in [0.15, 0.2) is 6.10 Å². The van der Waals surface area contributed by atoms with Crippen LogP contribution in [-0.4, -0.2) is 46.1 Å². The van der Waals surface area contributed by atoms with E-state index in [4.69, 9.17) is 5.11 Å². The van der Waals surface area contributed by atoms with Crippen molar-refractivity contribution in [3.63, 3.8) is 0 Å². The van der Waals surface area contributed by atoms with Crippen molar-refractivity contribution < 1.29 is 24.5 Å². The van der Waals surface area contributed by atoms with Crippen LogP contribution in [0, 0.1) is 0 Å². The molecule has 0 radical (unpaired) electrons. The van der Waals surface area contributed by atoms with E-state index in [0.29, 0.717) is 0 Å². The molecule has 9 nitrogen and oxygen atoms in total. The summed E-state index contributed by atoms with van der Waals surface area (Å²) in [6.07, 6.45) is -1.81. The number of aliphatic carboxylic acids is 1. The maximum absolute atomic E-state index is 10.9. The molecule has 1 atom stereocenters. The average Bonchev–Trinajstić information content (AvgIpc) is 2.73. The molecular formula is C7H10N4O5S. The third-order valence-corrected chi connectivity index (χ3v) is 3.02. The Kier molecular flexibility index (Phi) is 4.52. The zero-order valence-corrected chi connectivity index (χ0v) is 9.62. The molecule has 0 aliphatic carbocycles. The number of hydrogen-bond donors (Lipinski definition) is 2. The molecule has 1 aliphatic heterocycles. The molecule has 17 heavy (non-hydrogen) atoms. The summed E-state index contributed by atoms with van der Waals surface area (Å²) in [6, 6.07) is 0. The van der Waals surface area contributed by atoms with Gasteiger partial charge in [-0.25, -0.2) is 4.79 Å². The van der Waals surface area contributed by atoms with Gasteiger partial charge in [0.2, 0.25) is 0 Å². The Morgan fingerprint density at radius 1 is 1.41 bits per heavy atom. The SMILES string of the molecule is COC(=O)C(O)CSC1(CC(=O)O)N=NN=N1. The Hall–Kier alpha value is -1.55. The third-order valence-electron chi connectivity index (χ3n) is 1.77. The van der Waals surface area contributed by atoms with Crippen molar-refractivity contribution in [2.45, 2.75) is 17.5 Å². The van der Waals surface area contributed by atoms with E-state index in [9.17, 15) is 14.7 Å². The van der Waals surface area contributed by atoms with Crippen LogP contribution >= 0.6 is 11.8 Å². The first kappa shape index (κ1) is 13.5. The number of ether oxygens (including phenoxy) is 1. The molecule has 94 valence electrons. The van der Waals surface area contributed by atoms with Gasteiger partial charge in [-0.2, -0.15) is 0 Å². The summed E-state index contributed by atoms with van der Waals surface area (Å²) in [6.45, 7) is 0. The molecule has 2 N–H and O–H groups in total. The molecule has 10 heteroatoms. The van der Waals surface area contributed by atoms with Crippen LogP contribution in [0.4, 0.5) is 0 Å². The van der Waals surface area contributed by atoms with Gasteiger partial charge >= 0.3 is 11.9 Å². The van der Waals surface area contributed by atoms with Gasteiger partial charge in [0.1, 0.15) is 6.42 Å². The highest BCUT2D eigenvalue weighted by atomic mass is 32.2. The number of hydrogen-bond acceptors (Lipinski definition) is 9. The fourth-order valence-corrected chi connectivity index (χ4v) is 1.97. The molecule has 0 aromatic heterocycles. The largest absolute Gasteiger partial charge is 0.481 e. The quantitative estimate of drug-likeness (QED) is 0.657.